The third-order valence-corrected chi connectivity index (χ3v) is 4.94. The average Bonchev–Trinajstić information content (AvgIpc) is 3.07. The summed E-state index contributed by atoms with van der Waals surface area (Å²) in [6.07, 6.45) is 0. The number of thiocarbonyl (C=S) groups is 1. The van der Waals surface area contributed by atoms with Crippen LogP contribution in [0.25, 0.3) is 10.2 Å². The molecule has 0 aliphatic carbocycles. The summed E-state index contributed by atoms with van der Waals surface area (Å²) in [6.45, 7) is 1.45. The zero-order chi connectivity index (χ0) is 21.0. The lowest BCUT2D eigenvalue weighted by Crippen LogP contribution is -2.34. The zero-order valence-electron chi connectivity index (χ0n) is 15.9. The number of benzene rings is 2. The molecule has 2 amide bonds. The SMILES string of the molecule is COc1ccc(C(=O)NC(=S)Nc2nc3ccc(NC(C)=O)cc3s2)cc1OC. The molecule has 3 rings (SSSR count). The number of hydrogen-bond donors (Lipinski definition) is 3. The summed E-state index contributed by atoms with van der Waals surface area (Å²) in [4.78, 5) is 28.1. The van der Waals surface area contributed by atoms with E-state index in [0.29, 0.717) is 27.9 Å². The van der Waals surface area contributed by atoms with Gasteiger partial charge in [0.05, 0.1) is 24.4 Å². The van der Waals surface area contributed by atoms with E-state index in [4.69, 9.17) is 21.7 Å². The third-order valence-electron chi connectivity index (χ3n) is 3.80. The number of methoxy groups -OCH3 is 2. The Morgan fingerprint density at radius 2 is 1.79 bits per heavy atom. The van der Waals surface area contributed by atoms with Gasteiger partial charge in [-0.15, -0.1) is 0 Å². The maximum atomic E-state index is 12.4. The highest BCUT2D eigenvalue weighted by atomic mass is 32.1. The molecule has 0 radical (unpaired) electrons. The first-order chi connectivity index (χ1) is 13.9. The van der Waals surface area contributed by atoms with Crippen molar-refractivity contribution in [3.8, 4) is 11.5 Å². The molecule has 0 spiro atoms. The first kappa shape index (κ1) is 20.5. The number of ether oxygens (including phenoxy) is 2. The Labute approximate surface area is 176 Å². The van der Waals surface area contributed by atoms with Crippen molar-refractivity contribution < 1.29 is 19.1 Å². The van der Waals surface area contributed by atoms with Gasteiger partial charge in [0.15, 0.2) is 21.7 Å². The summed E-state index contributed by atoms with van der Waals surface area (Å²) in [5.41, 5.74) is 1.81. The van der Waals surface area contributed by atoms with E-state index in [9.17, 15) is 9.59 Å². The Morgan fingerprint density at radius 1 is 1.03 bits per heavy atom. The molecule has 0 aliphatic heterocycles. The van der Waals surface area contributed by atoms with E-state index in [1.807, 2.05) is 6.07 Å². The smallest absolute Gasteiger partial charge is 0.257 e. The molecular formula is C19H18N4O4S2. The number of amides is 2. The van der Waals surface area contributed by atoms with Crippen LogP contribution in [0.5, 0.6) is 11.5 Å². The van der Waals surface area contributed by atoms with E-state index in [-0.39, 0.29) is 11.0 Å². The van der Waals surface area contributed by atoms with Gasteiger partial charge in [-0.25, -0.2) is 4.98 Å². The lowest BCUT2D eigenvalue weighted by atomic mass is 10.2. The average molecular weight is 431 g/mol. The van der Waals surface area contributed by atoms with Crippen molar-refractivity contribution in [3.05, 3.63) is 42.0 Å². The van der Waals surface area contributed by atoms with Crippen LogP contribution in [0, 0.1) is 0 Å². The van der Waals surface area contributed by atoms with Gasteiger partial charge < -0.3 is 20.1 Å². The van der Waals surface area contributed by atoms with Gasteiger partial charge in [-0.2, -0.15) is 0 Å². The second-order valence-electron chi connectivity index (χ2n) is 5.86. The van der Waals surface area contributed by atoms with E-state index < -0.39 is 5.91 Å². The number of thiazole rings is 1. The molecule has 0 saturated carbocycles. The minimum absolute atomic E-state index is 0.117. The molecular weight excluding hydrogens is 412 g/mol. The highest BCUT2D eigenvalue weighted by molar-refractivity contribution is 7.80. The van der Waals surface area contributed by atoms with Crippen LogP contribution in [-0.4, -0.2) is 36.1 Å². The number of nitrogens with one attached hydrogen (secondary N) is 3. The van der Waals surface area contributed by atoms with E-state index in [1.54, 1.807) is 30.3 Å². The van der Waals surface area contributed by atoms with Gasteiger partial charge in [0, 0.05) is 18.2 Å². The Kier molecular flexibility index (Phi) is 6.25. The first-order valence-corrected chi connectivity index (χ1v) is 9.64. The fourth-order valence-electron chi connectivity index (χ4n) is 2.54. The van der Waals surface area contributed by atoms with Crippen LogP contribution < -0.4 is 25.4 Å². The standard InChI is InChI=1S/C19H18N4O4S2/c1-10(24)20-12-5-6-13-16(9-12)29-19(21-13)23-18(28)22-17(25)11-4-7-14(26-2)15(8-11)27-3/h4-9H,1-3H3,(H,20,24)(H2,21,22,23,25,28). The number of carbonyl (C=O) groups excluding carboxylic acids is 2. The number of aromatic nitrogens is 1. The molecule has 2 aromatic carbocycles. The normalized spacial score (nSPS) is 10.3. The van der Waals surface area contributed by atoms with Gasteiger partial charge in [0.25, 0.3) is 5.91 Å². The van der Waals surface area contributed by atoms with Crippen LogP contribution in [0.4, 0.5) is 10.8 Å². The highest BCUT2D eigenvalue weighted by Crippen LogP contribution is 2.29. The van der Waals surface area contributed by atoms with Crippen LogP contribution >= 0.6 is 23.6 Å². The number of rotatable bonds is 5. The molecule has 0 atom stereocenters. The van der Waals surface area contributed by atoms with Gasteiger partial charge in [-0.05, 0) is 48.6 Å². The van der Waals surface area contributed by atoms with Crippen molar-refractivity contribution in [1.82, 2.24) is 10.3 Å². The second kappa shape index (κ2) is 8.84. The summed E-state index contributed by atoms with van der Waals surface area (Å²) >= 11 is 6.57. The van der Waals surface area contributed by atoms with Crippen LogP contribution in [0.2, 0.25) is 0 Å². The summed E-state index contributed by atoms with van der Waals surface area (Å²) in [7, 11) is 3.02. The second-order valence-corrected chi connectivity index (χ2v) is 7.30. The molecule has 1 heterocycles. The summed E-state index contributed by atoms with van der Waals surface area (Å²) in [5, 5.41) is 8.89. The zero-order valence-corrected chi connectivity index (χ0v) is 17.5. The van der Waals surface area contributed by atoms with Crippen LogP contribution in [0.15, 0.2) is 36.4 Å². The van der Waals surface area contributed by atoms with Gasteiger partial charge in [0.2, 0.25) is 5.91 Å². The van der Waals surface area contributed by atoms with E-state index >= 15 is 0 Å². The minimum Gasteiger partial charge on any atom is -0.493 e. The molecule has 3 aromatic rings. The van der Waals surface area contributed by atoms with Crippen LogP contribution in [0.1, 0.15) is 17.3 Å². The Bertz CT molecular complexity index is 1100. The van der Waals surface area contributed by atoms with Gasteiger partial charge >= 0.3 is 0 Å². The minimum atomic E-state index is -0.391. The highest BCUT2D eigenvalue weighted by Gasteiger charge is 2.13. The lowest BCUT2D eigenvalue weighted by Gasteiger charge is -2.10. The van der Waals surface area contributed by atoms with Crippen molar-refractivity contribution in [2.75, 3.05) is 24.9 Å². The number of hydrogen-bond acceptors (Lipinski definition) is 7. The van der Waals surface area contributed by atoms with Gasteiger partial charge in [-0.3, -0.25) is 14.9 Å². The third kappa shape index (κ3) is 4.98. The molecule has 29 heavy (non-hydrogen) atoms. The fraction of sp³-hybridized carbons (Fsp3) is 0.158. The number of fused-ring (bicyclic) bond motifs is 1. The first-order valence-electron chi connectivity index (χ1n) is 8.42. The number of anilines is 2. The van der Waals surface area contributed by atoms with Gasteiger partial charge in [-0.1, -0.05) is 11.3 Å². The molecule has 0 bridgehead atoms. The molecule has 150 valence electrons. The molecule has 8 nitrogen and oxygen atoms in total. The lowest BCUT2D eigenvalue weighted by molar-refractivity contribution is -0.114. The Morgan fingerprint density at radius 3 is 2.48 bits per heavy atom. The summed E-state index contributed by atoms with van der Waals surface area (Å²) < 4.78 is 11.2. The summed E-state index contributed by atoms with van der Waals surface area (Å²) in [6, 6.07) is 10.2. The number of carbonyl (C=O) groups is 2. The number of nitrogens with zero attached hydrogens (tertiary/aromatic N) is 1. The molecule has 0 saturated heterocycles. The summed E-state index contributed by atoms with van der Waals surface area (Å²) in [5.74, 6) is 0.432. The van der Waals surface area contributed by atoms with Crippen LogP contribution in [0.3, 0.4) is 0 Å². The molecule has 10 heteroatoms. The Balaban J connectivity index is 1.68. The van der Waals surface area contributed by atoms with E-state index in [1.165, 1.54) is 32.5 Å². The topological polar surface area (TPSA) is 102 Å². The van der Waals surface area contributed by atoms with Crippen molar-refractivity contribution in [2.24, 2.45) is 0 Å². The molecule has 0 aliphatic rings. The van der Waals surface area contributed by atoms with E-state index in [2.05, 4.69) is 20.9 Å². The maximum absolute atomic E-state index is 12.4. The van der Waals surface area contributed by atoms with Crippen molar-refractivity contribution >= 4 is 61.5 Å². The quantitative estimate of drug-likeness (QED) is 0.533. The Hall–Kier alpha value is -3.24. The van der Waals surface area contributed by atoms with Crippen molar-refractivity contribution in [2.45, 2.75) is 6.92 Å². The monoisotopic (exact) mass is 430 g/mol. The molecule has 3 N–H and O–H groups in total. The van der Waals surface area contributed by atoms with Crippen molar-refractivity contribution in [1.29, 1.82) is 0 Å². The molecule has 0 fully saturated rings. The predicted octanol–water partition coefficient (Wildman–Crippen LogP) is 3.40. The molecule has 0 unspecified atom stereocenters. The largest absolute Gasteiger partial charge is 0.493 e. The van der Waals surface area contributed by atoms with Gasteiger partial charge in [0.1, 0.15) is 0 Å². The fourth-order valence-corrected chi connectivity index (χ4v) is 3.70. The van der Waals surface area contributed by atoms with E-state index in [0.717, 1.165) is 10.2 Å². The van der Waals surface area contributed by atoms with Crippen LogP contribution in [-0.2, 0) is 4.79 Å². The van der Waals surface area contributed by atoms with Crippen molar-refractivity contribution in [3.63, 3.8) is 0 Å². The maximum Gasteiger partial charge on any atom is 0.257 e. The predicted molar refractivity (Wildman–Crippen MR) is 117 cm³/mol. The molecule has 1 aromatic heterocycles.